The smallest absolute Gasteiger partial charge is 0.155 e. The highest BCUT2D eigenvalue weighted by Gasteiger charge is 2.31. The summed E-state index contributed by atoms with van der Waals surface area (Å²) in [6.07, 6.45) is 2.07. The zero-order chi connectivity index (χ0) is 16.1. The van der Waals surface area contributed by atoms with E-state index in [9.17, 15) is 9.59 Å². The molecule has 0 heterocycles. The van der Waals surface area contributed by atoms with E-state index in [1.165, 1.54) is 0 Å². The molecule has 3 nitrogen and oxygen atoms in total. The van der Waals surface area contributed by atoms with E-state index in [0.717, 1.165) is 12.8 Å². The van der Waals surface area contributed by atoms with Gasteiger partial charge in [0.05, 0.1) is 6.04 Å². The summed E-state index contributed by atoms with van der Waals surface area (Å²) >= 11 is 0. The van der Waals surface area contributed by atoms with Crippen LogP contribution in [0.1, 0.15) is 74.7 Å². The van der Waals surface area contributed by atoms with Gasteiger partial charge in [-0.05, 0) is 33.6 Å². The molecule has 3 heteroatoms. The normalized spacial score (nSPS) is 14.4. The van der Waals surface area contributed by atoms with E-state index < -0.39 is 0 Å². The quantitative estimate of drug-likeness (QED) is 0.774. The van der Waals surface area contributed by atoms with Gasteiger partial charge < -0.3 is 5.32 Å². The molecule has 0 fully saturated rings. The van der Waals surface area contributed by atoms with Gasteiger partial charge in [0.25, 0.3) is 0 Å². The molecule has 0 radical (unpaired) electrons. The monoisotopic (exact) mass is 283 g/mol. The second-order valence-electron chi connectivity index (χ2n) is 8.07. The summed E-state index contributed by atoms with van der Waals surface area (Å²) in [5.41, 5.74) is -0.460. The number of ketones is 2. The van der Waals surface area contributed by atoms with Gasteiger partial charge in [-0.15, -0.1) is 0 Å². The molecule has 0 rings (SSSR count). The standard InChI is InChI=1S/C17H33NO2/c1-12(2)14(19)11-9-10-13(18-17(6,7)8)15(20)16(3,4)5/h12-13,18H,9-11H2,1-8H3/t13-/m1/s1. The maximum atomic E-state index is 12.5. The van der Waals surface area contributed by atoms with Crippen molar-refractivity contribution in [3.05, 3.63) is 0 Å². The highest BCUT2D eigenvalue weighted by atomic mass is 16.1. The van der Waals surface area contributed by atoms with Crippen LogP contribution >= 0.6 is 0 Å². The third-order valence-corrected chi connectivity index (χ3v) is 3.22. The Labute approximate surface area is 124 Å². The molecular weight excluding hydrogens is 250 g/mol. The van der Waals surface area contributed by atoms with Gasteiger partial charge in [-0.3, -0.25) is 9.59 Å². The minimum absolute atomic E-state index is 0.0855. The van der Waals surface area contributed by atoms with Crippen LogP contribution in [0.4, 0.5) is 0 Å². The molecule has 0 aromatic carbocycles. The molecule has 0 amide bonds. The predicted octanol–water partition coefficient (Wildman–Crippen LogP) is 3.75. The van der Waals surface area contributed by atoms with E-state index in [1.54, 1.807) is 0 Å². The number of Topliss-reactive ketones (excluding diaryl/α,β-unsaturated/α-hetero) is 2. The lowest BCUT2D eigenvalue weighted by atomic mass is 9.83. The van der Waals surface area contributed by atoms with Gasteiger partial charge in [-0.1, -0.05) is 34.6 Å². The van der Waals surface area contributed by atoms with Gasteiger partial charge in [0.2, 0.25) is 0 Å². The number of carbonyl (C=O) groups is 2. The first-order valence-corrected chi connectivity index (χ1v) is 7.69. The number of hydrogen-bond donors (Lipinski definition) is 1. The first-order valence-electron chi connectivity index (χ1n) is 7.69. The molecule has 0 saturated carbocycles. The van der Waals surface area contributed by atoms with Crippen LogP contribution in [-0.4, -0.2) is 23.1 Å². The Hall–Kier alpha value is -0.700. The lowest BCUT2D eigenvalue weighted by molar-refractivity contribution is -0.129. The van der Waals surface area contributed by atoms with E-state index in [-0.39, 0.29) is 34.5 Å². The largest absolute Gasteiger partial charge is 0.303 e. The maximum Gasteiger partial charge on any atom is 0.155 e. The minimum Gasteiger partial charge on any atom is -0.303 e. The summed E-state index contributed by atoms with van der Waals surface area (Å²) in [7, 11) is 0. The zero-order valence-corrected chi connectivity index (χ0v) is 14.6. The van der Waals surface area contributed by atoms with Crippen LogP contribution in [0, 0.1) is 11.3 Å². The molecule has 0 saturated heterocycles. The third-order valence-electron chi connectivity index (χ3n) is 3.22. The van der Waals surface area contributed by atoms with E-state index in [4.69, 9.17) is 0 Å². The molecule has 1 N–H and O–H groups in total. The van der Waals surface area contributed by atoms with Crippen molar-refractivity contribution >= 4 is 11.6 Å². The SMILES string of the molecule is CC(C)C(=O)CCC[C@@H](NC(C)(C)C)C(=O)C(C)(C)C. The maximum absolute atomic E-state index is 12.5. The van der Waals surface area contributed by atoms with Crippen molar-refractivity contribution in [1.82, 2.24) is 5.32 Å². The van der Waals surface area contributed by atoms with Gasteiger partial charge in [0.1, 0.15) is 5.78 Å². The van der Waals surface area contributed by atoms with Crippen LogP contribution in [0.5, 0.6) is 0 Å². The Kier molecular flexibility index (Phi) is 7.09. The average molecular weight is 283 g/mol. The fourth-order valence-corrected chi connectivity index (χ4v) is 2.08. The molecule has 0 unspecified atom stereocenters. The molecule has 20 heavy (non-hydrogen) atoms. The van der Waals surface area contributed by atoms with E-state index in [0.29, 0.717) is 6.42 Å². The number of rotatable bonds is 7. The molecule has 0 bridgehead atoms. The Morgan fingerprint density at radius 2 is 1.50 bits per heavy atom. The van der Waals surface area contributed by atoms with Crippen LogP contribution in [0.15, 0.2) is 0 Å². The van der Waals surface area contributed by atoms with Crippen molar-refractivity contribution in [3.63, 3.8) is 0 Å². The van der Waals surface area contributed by atoms with Crippen LogP contribution in [0.25, 0.3) is 0 Å². The van der Waals surface area contributed by atoms with E-state index >= 15 is 0 Å². The lowest BCUT2D eigenvalue weighted by Crippen LogP contribution is -2.50. The summed E-state index contributed by atoms with van der Waals surface area (Å²) in [6, 6.07) is -0.171. The fraction of sp³-hybridized carbons (Fsp3) is 0.882. The van der Waals surface area contributed by atoms with Gasteiger partial charge in [-0.25, -0.2) is 0 Å². The zero-order valence-electron chi connectivity index (χ0n) is 14.6. The number of carbonyl (C=O) groups excluding carboxylic acids is 2. The predicted molar refractivity (Wildman–Crippen MR) is 84.8 cm³/mol. The van der Waals surface area contributed by atoms with Gasteiger partial charge in [0, 0.05) is 23.3 Å². The summed E-state index contributed by atoms with van der Waals surface area (Å²) in [4.78, 5) is 24.2. The second kappa shape index (κ2) is 7.35. The second-order valence-corrected chi connectivity index (χ2v) is 8.07. The van der Waals surface area contributed by atoms with E-state index in [1.807, 2.05) is 34.6 Å². The lowest BCUT2D eigenvalue weighted by Gasteiger charge is -2.31. The molecule has 0 aromatic rings. The summed E-state index contributed by atoms with van der Waals surface area (Å²) < 4.78 is 0. The first-order chi connectivity index (χ1) is 8.84. The number of hydrogen-bond acceptors (Lipinski definition) is 3. The Balaban J connectivity index is 4.64. The van der Waals surface area contributed by atoms with Gasteiger partial charge in [0.15, 0.2) is 5.78 Å². The molecule has 0 aliphatic heterocycles. The van der Waals surface area contributed by atoms with Crippen LogP contribution in [0.2, 0.25) is 0 Å². The van der Waals surface area contributed by atoms with Crippen molar-refractivity contribution in [3.8, 4) is 0 Å². The number of nitrogens with one attached hydrogen (secondary N) is 1. The topological polar surface area (TPSA) is 46.2 Å². The van der Waals surface area contributed by atoms with Crippen LogP contribution < -0.4 is 5.32 Å². The molecule has 1 atom stereocenters. The molecule has 0 spiro atoms. The van der Waals surface area contributed by atoms with Gasteiger partial charge >= 0.3 is 0 Å². The average Bonchev–Trinajstić information content (AvgIpc) is 2.23. The summed E-state index contributed by atoms with van der Waals surface area (Å²) in [5.74, 6) is 0.592. The summed E-state index contributed by atoms with van der Waals surface area (Å²) in [5, 5.41) is 3.40. The van der Waals surface area contributed by atoms with Crippen molar-refractivity contribution in [2.45, 2.75) is 86.2 Å². The highest BCUT2D eigenvalue weighted by Crippen LogP contribution is 2.21. The van der Waals surface area contributed by atoms with Crippen molar-refractivity contribution < 1.29 is 9.59 Å². The molecule has 0 aromatic heterocycles. The third kappa shape index (κ3) is 7.78. The molecule has 118 valence electrons. The van der Waals surface area contributed by atoms with E-state index in [2.05, 4.69) is 26.1 Å². The van der Waals surface area contributed by atoms with Crippen molar-refractivity contribution in [2.75, 3.05) is 0 Å². The molecule has 0 aliphatic carbocycles. The van der Waals surface area contributed by atoms with Gasteiger partial charge in [-0.2, -0.15) is 0 Å². The highest BCUT2D eigenvalue weighted by molar-refractivity contribution is 5.88. The molecule has 0 aliphatic rings. The van der Waals surface area contributed by atoms with Crippen molar-refractivity contribution in [1.29, 1.82) is 0 Å². The van der Waals surface area contributed by atoms with Crippen LogP contribution in [0.3, 0.4) is 0 Å². The first kappa shape index (κ1) is 19.3. The van der Waals surface area contributed by atoms with Crippen LogP contribution in [-0.2, 0) is 9.59 Å². The summed E-state index contributed by atoms with van der Waals surface area (Å²) in [6.45, 7) is 15.9. The Morgan fingerprint density at radius 3 is 1.85 bits per heavy atom. The fourth-order valence-electron chi connectivity index (χ4n) is 2.08. The minimum atomic E-state index is -0.356. The van der Waals surface area contributed by atoms with Crippen molar-refractivity contribution in [2.24, 2.45) is 11.3 Å². The Morgan fingerprint density at radius 1 is 1.00 bits per heavy atom. The Bertz CT molecular complexity index is 332. The molecular formula is C17H33NO2.